The highest BCUT2D eigenvalue weighted by Gasteiger charge is 2.09. The van der Waals surface area contributed by atoms with Crippen molar-refractivity contribution in [1.82, 2.24) is 14.5 Å². The van der Waals surface area contributed by atoms with Gasteiger partial charge >= 0.3 is 0 Å². The van der Waals surface area contributed by atoms with Crippen molar-refractivity contribution in [3.05, 3.63) is 40.8 Å². The molecule has 0 aliphatic heterocycles. The van der Waals surface area contributed by atoms with E-state index in [-0.39, 0.29) is 0 Å². The molecule has 0 amide bonds. The molecular formula is C13H13N3O2S. The fourth-order valence-electron chi connectivity index (χ4n) is 2.04. The Balaban J connectivity index is 2.08. The number of H-pyrrole nitrogens is 1. The molecule has 0 radical (unpaired) electrons. The highest BCUT2D eigenvalue weighted by atomic mass is 32.1. The van der Waals surface area contributed by atoms with E-state index >= 15 is 0 Å². The number of rotatable bonds is 3. The maximum absolute atomic E-state index is 5.49. The van der Waals surface area contributed by atoms with Gasteiger partial charge in [-0.05, 0) is 31.3 Å². The first-order valence-corrected chi connectivity index (χ1v) is 6.26. The Morgan fingerprint density at radius 2 is 2.32 bits per heavy atom. The number of nitrogens with one attached hydrogen (secondary N) is 1. The standard InChI is InChI=1S/C13H13N3O2S/c1-8-6-14-12(18-8)7-16-11-4-3-9(17-2)5-10(11)15-13(16)19/h3-6H,7H2,1-2H3,(H,15,19). The van der Waals surface area contributed by atoms with Crippen molar-refractivity contribution in [3.63, 3.8) is 0 Å². The topological polar surface area (TPSA) is 56.0 Å². The summed E-state index contributed by atoms with van der Waals surface area (Å²) in [5.74, 6) is 2.23. The van der Waals surface area contributed by atoms with Crippen molar-refractivity contribution in [1.29, 1.82) is 0 Å². The van der Waals surface area contributed by atoms with Gasteiger partial charge in [-0.1, -0.05) is 0 Å². The summed E-state index contributed by atoms with van der Waals surface area (Å²) in [5, 5.41) is 0. The minimum absolute atomic E-state index is 0.513. The van der Waals surface area contributed by atoms with Gasteiger partial charge in [0.2, 0.25) is 5.89 Å². The molecule has 0 spiro atoms. The molecule has 1 N–H and O–H groups in total. The maximum Gasteiger partial charge on any atom is 0.214 e. The van der Waals surface area contributed by atoms with Crippen molar-refractivity contribution in [2.24, 2.45) is 0 Å². The van der Waals surface area contributed by atoms with E-state index in [4.69, 9.17) is 21.4 Å². The number of aromatic nitrogens is 3. The zero-order chi connectivity index (χ0) is 13.4. The molecule has 0 aliphatic rings. The van der Waals surface area contributed by atoms with Crippen LogP contribution < -0.4 is 4.74 Å². The first-order chi connectivity index (χ1) is 9.17. The molecule has 0 atom stereocenters. The van der Waals surface area contributed by atoms with Gasteiger partial charge in [0, 0.05) is 6.07 Å². The average Bonchev–Trinajstić information content (AvgIpc) is 2.94. The van der Waals surface area contributed by atoms with E-state index in [2.05, 4.69) is 9.97 Å². The molecule has 0 aliphatic carbocycles. The second kappa shape index (κ2) is 4.55. The minimum atomic E-state index is 0.513. The zero-order valence-corrected chi connectivity index (χ0v) is 11.5. The lowest BCUT2D eigenvalue weighted by Gasteiger charge is -2.02. The number of fused-ring (bicyclic) bond motifs is 1. The molecule has 3 rings (SSSR count). The number of aromatic amines is 1. The Hall–Kier alpha value is -2.08. The van der Waals surface area contributed by atoms with Crippen LogP contribution in [-0.2, 0) is 6.54 Å². The van der Waals surface area contributed by atoms with Crippen LogP contribution in [0.2, 0.25) is 0 Å². The van der Waals surface area contributed by atoms with Gasteiger partial charge < -0.3 is 18.7 Å². The molecule has 19 heavy (non-hydrogen) atoms. The van der Waals surface area contributed by atoms with Crippen LogP contribution in [0.4, 0.5) is 0 Å². The Bertz CT molecular complexity index is 785. The maximum atomic E-state index is 5.49. The summed E-state index contributed by atoms with van der Waals surface area (Å²) in [4.78, 5) is 7.36. The largest absolute Gasteiger partial charge is 0.497 e. The van der Waals surface area contributed by atoms with Gasteiger partial charge in [-0.3, -0.25) is 0 Å². The summed E-state index contributed by atoms with van der Waals surface area (Å²) in [6.07, 6.45) is 1.71. The average molecular weight is 275 g/mol. The number of hydrogen-bond acceptors (Lipinski definition) is 4. The Labute approximate surface area is 114 Å². The third kappa shape index (κ3) is 2.15. The number of benzene rings is 1. The molecule has 6 heteroatoms. The molecule has 0 unspecified atom stereocenters. The van der Waals surface area contributed by atoms with Crippen LogP contribution in [0.25, 0.3) is 11.0 Å². The van der Waals surface area contributed by atoms with Gasteiger partial charge in [0.05, 0.1) is 24.3 Å². The van der Waals surface area contributed by atoms with Crippen molar-refractivity contribution in [3.8, 4) is 5.75 Å². The number of imidazole rings is 1. The normalized spacial score (nSPS) is 11.1. The number of hydrogen-bond donors (Lipinski definition) is 1. The van der Waals surface area contributed by atoms with E-state index in [1.807, 2.05) is 29.7 Å². The van der Waals surface area contributed by atoms with Crippen LogP contribution in [0.1, 0.15) is 11.7 Å². The third-order valence-electron chi connectivity index (χ3n) is 2.94. The van der Waals surface area contributed by atoms with E-state index in [0.29, 0.717) is 17.2 Å². The van der Waals surface area contributed by atoms with Crippen LogP contribution in [0.3, 0.4) is 0 Å². The van der Waals surface area contributed by atoms with Crippen molar-refractivity contribution in [2.45, 2.75) is 13.5 Å². The molecule has 0 bridgehead atoms. The molecule has 1 aromatic carbocycles. The molecular weight excluding hydrogens is 262 g/mol. The fraction of sp³-hybridized carbons (Fsp3) is 0.231. The van der Waals surface area contributed by atoms with E-state index in [1.54, 1.807) is 13.3 Å². The highest BCUT2D eigenvalue weighted by molar-refractivity contribution is 7.71. The zero-order valence-electron chi connectivity index (χ0n) is 10.6. The van der Waals surface area contributed by atoms with Crippen LogP contribution in [0.5, 0.6) is 5.75 Å². The molecule has 98 valence electrons. The molecule has 2 heterocycles. The van der Waals surface area contributed by atoms with Crippen molar-refractivity contribution >= 4 is 23.3 Å². The van der Waals surface area contributed by atoms with Crippen LogP contribution >= 0.6 is 12.2 Å². The molecule has 0 saturated carbocycles. The fourth-order valence-corrected chi connectivity index (χ4v) is 2.31. The molecule has 0 fully saturated rings. The summed E-state index contributed by atoms with van der Waals surface area (Å²) in [5.41, 5.74) is 1.94. The molecule has 5 nitrogen and oxygen atoms in total. The second-order valence-corrected chi connectivity index (χ2v) is 4.65. The van der Waals surface area contributed by atoms with Crippen LogP contribution in [-0.4, -0.2) is 21.6 Å². The highest BCUT2D eigenvalue weighted by Crippen LogP contribution is 2.21. The first-order valence-electron chi connectivity index (χ1n) is 5.85. The predicted molar refractivity (Wildman–Crippen MR) is 74.0 cm³/mol. The van der Waals surface area contributed by atoms with E-state index < -0.39 is 0 Å². The number of aryl methyl sites for hydroxylation is 1. The van der Waals surface area contributed by atoms with E-state index in [9.17, 15) is 0 Å². The minimum Gasteiger partial charge on any atom is -0.497 e. The third-order valence-corrected chi connectivity index (χ3v) is 3.27. The first kappa shape index (κ1) is 12.0. The monoisotopic (exact) mass is 275 g/mol. The van der Waals surface area contributed by atoms with E-state index in [0.717, 1.165) is 22.5 Å². The summed E-state index contributed by atoms with van der Waals surface area (Å²) >= 11 is 5.34. The quantitative estimate of drug-likeness (QED) is 0.746. The van der Waals surface area contributed by atoms with Crippen molar-refractivity contribution < 1.29 is 9.15 Å². The Kier molecular flexibility index (Phi) is 2.87. The SMILES string of the molecule is COc1ccc2c(c1)[nH]c(=S)n2Cc1ncc(C)o1. The van der Waals surface area contributed by atoms with Crippen molar-refractivity contribution in [2.75, 3.05) is 7.11 Å². The molecule has 0 saturated heterocycles. The van der Waals surface area contributed by atoms with Gasteiger partial charge in [-0.15, -0.1) is 0 Å². The number of nitrogens with zero attached hydrogens (tertiary/aromatic N) is 2. The lowest BCUT2D eigenvalue weighted by Crippen LogP contribution is -1.99. The lowest BCUT2D eigenvalue weighted by molar-refractivity contribution is 0.415. The summed E-state index contributed by atoms with van der Waals surface area (Å²) in [7, 11) is 1.64. The molecule has 3 aromatic rings. The van der Waals surface area contributed by atoms with Gasteiger partial charge in [0.25, 0.3) is 0 Å². The Morgan fingerprint density at radius 3 is 3.00 bits per heavy atom. The van der Waals surface area contributed by atoms with E-state index in [1.165, 1.54) is 0 Å². The second-order valence-electron chi connectivity index (χ2n) is 4.26. The van der Waals surface area contributed by atoms with Gasteiger partial charge in [-0.2, -0.15) is 0 Å². The van der Waals surface area contributed by atoms with Gasteiger partial charge in [0.1, 0.15) is 18.1 Å². The van der Waals surface area contributed by atoms with Crippen LogP contribution in [0.15, 0.2) is 28.8 Å². The summed E-state index contributed by atoms with van der Waals surface area (Å²) in [6.45, 7) is 2.38. The van der Waals surface area contributed by atoms with Crippen LogP contribution in [0, 0.1) is 11.7 Å². The Morgan fingerprint density at radius 1 is 1.47 bits per heavy atom. The summed E-state index contributed by atoms with van der Waals surface area (Å²) < 4.78 is 13.3. The van der Waals surface area contributed by atoms with Gasteiger partial charge in [0.15, 0.2) is 4.77 Å². The number of oxazole rings is 1. The summed E-state index contributed by atoms with van der Waals surface area (Å²) in [6, 6.07) is 5.79. The smallest absolute Gasteiger partial charge is 0.214 e. The molecule has 2 aromatic heterocycles. The van der Waals surface area contributed by atoms with Gasteiger partial charge in [-0.25, -0.2) is 4.98 Å². The predicted octanol–water partition coefficient (Wildman–Crippen LogP) is 3.05. The number of methoxy groups -OCH3 is 1. The lowest BCUT2D eigenvalue weighted by atomic mass is 10.3. The number of ether oxygens (including phenoxy) is 1.